The van der Waals surface area contributed by atoms with Crippen molar-refractivity contribution in [2.75, 3.05) is 12.8 Å². The van der Waals surface area contributed by atoms with Crippen LogP contribution in [0.15, 0.2) is 12.1 Å². The molecule has 0 amide bonds. The molecule has 1 aliphatic rings. The molecule has 0 aromatic heterocycles. The normalized spacial score (nSPS) is 18.6. The Kier molecular flexibility index (Phi) is 9.20. The summed E-state index contributed by atoms with van der Waals surface area (Å²) in [6, 6.07) is 4.48. The van der Waals surface area contributed by atoms with Crippen LogP contribution in [0.4, 0.5) is 0 Å². The van der Waals surface area contributed by atoms with Crippen LogP contribution in [0.2, 0.25) is 0 Å². The average molecular weight is 410 g/mol. The highest BCUT2D eigenvalue weighted by molar-refractivity contribution is 7.39. The van der Waals surface area contributed by atoms with Crippen LogP contribution >= 0.6 is 8.03 Å². The Bertz CT molecular complexity index is 682. The monoisotopic (exact) mass is 410 g/mol. The number of carboxylic acids is 1. The van der Waals surface area contributed by atoms with Crippen molar-refractivity contribution in [3.8, 4) is 0 Å². The Morgan fingerprint density at radius 2 is 1.93 bits per heavy atom. The van der Waals surface area contributed by atoms with E-state index < -0.39 is 26.5 Å². The molecule has 3 atom stereocenters. The summed E-state index contributed by atoms with van der Waals surface area (Å²) in [6.45, 7) is 6.66. The van der Waals surface area contributed by atoms with E-state index in [4.69, 9.17) is 9.63 Å². The van der Waals surface area contributed by atoms with Gasteiger partial charge in [0.05, 0.1) is 19.1 Å². The van der Waals surface area contributed by atoms with Crippen LogP contribution in [-0.2, 0) is 20.3 Å². The van der Waals surface area contributed by atoms with Crippen molar-refractivity contribution >= 4 is 14.0 Å². The Morgan fingerprint density at radius 1 is 1.25 bits per heavy atom. The molecule has 5 nitrogen and oxygen atoms in total. The number of aryl methyl sites for hydroxylation is 2. The van der Waals surface area contributed by atoms with E-state index >= 15 is 0 Å². The summed E-state index contributed by atoms with van der Waals surface area (Å²) in [4.78, 5) is 10.6. The molecule has 2 N–H and O–H groups in total. The zero-order chi connectivity index (χ0) is 20.7. The lowest BCUT2D eigenvalue weighted by Gasteiger charge is -2.26. The van der Waals surface area contributed by atoms with Gasteiger partial charge in [-0.15, -0.1) is 0 Å². The van der Waals surface area contributed by atoms with Crippen molar-refractivity contribution in [1.29, 1.82) is 0 Å². The highest BCUT2D eigenvalue weighted by Gasteiger charge is 2.21. The van der Waals surface area contributed by atoms with Crippen molar-refractivity contribution in [2.24, 2.45) is 5.92 Å². The number of aliphatic hydroxyl groups is 1. The van der Waals surface area contributed by atoms with E-state index in [1.54, 1.807) is 0 Å². The minimum atomic E-state index is -2.46. The molecule has 0 radical (unpaired) electrons. The summed E-state index contributed by atoms with van der Waals surface area (Å²) >= 11 is 0. The SMILES string of the molecule is Cc1cc(C)c(C(C)CO[PH](=O)C[C@@H](O)CC(=O)O)c(CC2CCCCC2)c1. The van der Waals surface area contributed by atoms with Crippen molar-refractivity contribution < 1.29 is 24.1 Å². The molecule has 1 fully saturated rings. The summed E-state index contributed by atoms with van der Waals surface area (Å²) in [5.41, 5.74) is 5.18. The lowest BCUT2D eigenvalue weighted by molar-refractivity contribution is -0.138. The number of hydrogen-bond acceptors (Lipinski definition) is 4. The topological polar surface area (TPSA) is 83.8 Å². The van der Waals surface area contributed by atoms with Gasteiger partial charge in [-0.25, -0.2) is 0 Å². The Balaban J connectivity index is 2.01. The number of hydrogen-bond donors (Lipinski definition) is 2. The second kappa shape index (κ2) is 11.1. The Hall–Kier alpha value is -1.16. The molecule has 0 bridgehead atoms. The molecule has 2 rings (SSSR count). The van der Waals surface area contributed by atoms with Gasteiger partial charge in [0, 0.05) is 12.1 Å². The van der Waals surface area contributed by atoms with E-state index in [1.165, 1.54) is 54.4 Å². The van der Waals surface area contributed by atoms with Gasteiger partial charge < -0.3 is 14.7 Å². The molecule has 2 unspecified atom stereocenters. The maximum Gasteiger partial charge on any atom is 0.305 e. The van der Waals surface area contributed by atoms with Gasteiger partial charge in [-0.2, -0.15) is 0 Å². The summed E-state index contributed by atoms with van der Waals surface area (Å²) in [7, 11) is -2.46. The van der Waals surface area contributed by atoms with Gasteiger partial charge in [0.15, 0.2) is 8.03 Å². The van der Waals surface area contributed by atoms with E-state index in [1.807, 2.05) is 0 Å². The van der Waals surface area contributed by atoms with Gasteiger partial charge in [0.2, 0.25) is 0 Å². The van der Waals surface area contributed by atoms with Crippen molar-refractivity contribution in [3.63, 3.8) is 0 Å². The predicted octanol–water partition coefficient (Wildman–Crippen LogP) is 4.86. The van der Waals surface area contributed by atoms with Crippen molar-refractivity contribution in [1.82, 2.24) is 0 Å². The standard InChI is InChI=1S/C22H35O5P/c1-15-9-16(2)22(19(10-15)11-18-7-5-4-6-8-18)17(3)13-27-28(26)14-20(23)12-21(24)25/h9-10,17-18,20,23,28H,4-8,11-14H2,1-3H3,(H,24,25)/t17?,20-/m0/s1. The third-order valence-electron chi connectivity index (χ3n) is 5.65. The first-order valence-electron chi connectivity index (χ1n) is 10.4. The fraction of sp³-hybridized carbons (Fsp3) is 0.682. The van der Waals surface area contributed by atoms with E-state index in [2.05, 4.69) is 32.9 Å². The quantitative estimate of drug-likeness (QED) is 0.538. The fourth-order valence-electron chi connectivity index (χ4n) is 4.47. The van der Waals surface area contributed by atoms with Crippen LogP contribution in [-0.4, -0.2) is 35.1 Å². The number of rotatable bonds is 10. The van der Waals surface area contributed by atoms with Crippen LogP contribution in [0.5, 0.6) is 0 Å². The largest absolute Gasteiger partial charge is 0.481 e. The Morgan fingerprint density at radius 3 is 2.57 bits per heavy atom. The van der Waals surface area contributed by atoms with E-state index in [0.29, 0.717) is 6.61 Å². The highest BCUT2D eigenvalue weighted by Crippen LogP contribution is 2.34. The summed E-state index contributed by atoms with van der Waals surface area (Å²) < 4.78 is 17.7. The molecule has 1 aromatic carbocycles. The third kappa shape index (κ3) is 7.35. The molecular weight excluding hydrogens is 375 g/mol. The predicted molar refractivity (Wildman–Crippen MR) is 113 cm³/mol. The maximum absolute atomic E-state index is 12.1. The van der Waals surface area contributed by atoms with Crippen LogP contribution < -0.4 is 0 Å². The third-order valence-corrected chi connectivity index (χ3v) is 6.94. The lowest BCUT2D eigenvalue weighted by atomic mass is 9.81. The number of carbonyl (C=O) groups is 1. The zero-order valence-corrected chi connectivity index (χ0v) is 18.4. The van der Waals surface area contributed by atoms with Gasteiger partial charge in [-0.05, 0) is 42.9 Å². The first-order valence-corrected chi connectivity index (χ1v) is 11.9. The highest BCUT2D eigenvalue weighted by atomic mass is 31.1. The second-order valence-corrected chi connectivity index (χ2v) is 9.84. The second-order valence-electron chi connectivity index (χ2n) is 8.40. The van der Waals surface area contributed by atoms with Crippen LogP contribution in [0.25, 0.3) is 0 Å². The van der Waals surface area contributed by atoms with E-state index in [0.717, 1.165) is 12.3 Å². The summed E-state index contributed by atoms with van der Waals surface area (Å²) in [5, 5.41) is 18.3. The summed E-state index contributed by atoms with van der Waals surface area (Å²) in [5.74, 6) is -0.254. The molecule has 1 aromatic rings. The molecule has 1 aliphatic carbocycles. The van der Waals surface area contributed by atoms with Crippen LogP contribution in [0, 0.1) is 19.8 Å². The first-order chi connectivity index (χ1) is 13.3. The summed E-state index contributed by atoms with van der Waals surface area (Å²) in [6.07, 6.45) is 6.05. The molecular formula is C22H35O5P. The molecule has 0 aliphatic heterocycles. The molecule has 158 valence electrons. The smallest absolute Gasteiger partial charge is 0.305 e. The molecule has 6 heteroatoms. The van der Waals surface area contributed by atoms with Gasteiger partial charge in [-0.1, -0.05) is 56.7 Å². The van der Waals surface area contributed by atoms with Gasteiger partial charge in [-0.3, -0.25) is 9.36 Å². The maximum atomic E-state index is 12.1. The molecule has 28 heavy (non-hydrogen) atoms. The Labute approximate surface area is 169 Å². The molecule has 0 heterocycles. The van der Waals surface area contributed by atoms with Crippen molar-refractivity contribution in [3.05, 3.63) is 34.4 Å². The first kappa shape index (κ1) is 23.1. The van der Waals surface area contributed by atoms with Gasteiger partial charge in [0.1, 0.15) is 0 Å². The van der Waals surface area contributed by atoms with Crippen molar-refractivity contribution in [2.45, 2.75) is 77.7 Å². The zero-order valence-electron chi connectivity index (χ0n) is 17.4. The fourth-order valence-corrected chi connectivity index (χ4v) is 5.55. The van der Waals surface area contributed by atoms with E-state index in [-0.39, 0.29) is 12.1 Å². The van der Waals surface area contributed by atoms with Gasteiger partial charge >= 0.3 is 5.97 Å². The average Bonchev–Trinajstić information content (AvgIpc) is 2.59. The molecule has 1 saturated carbocycles. The number of aliphatic carboxylic acids is 1. The number of carboxylic acid groups (broad SMARTS) is 1. The molecule has 0 spiro atoms. The minimum Gasteiger partial charge on any atom is -0.481 e. The minimum absolute atomic E-state index is 0.102. The lowest BCUT2D eigenvalue weighted by Crippen LogP contribution is -2.16. The van der Waals surface area contributed by atoms with E-state index in [9.17, 15) is 14.5 Å². The van der Waals surface area contributed by atoms with Gasteiger partial charge in [0.25, 0.3) is 0 Å². The number of aliphatic hydroxyl groups excluding tert-OH is 1. The van der Waals surface area contributed by atoms with Crippen LogP contribution in [0.3, 0.4) is 0 Å². The van der Waals surface area contributed by atoms with Crippen LogP contribution in [0.1, 0.15) is 73.6 Å². The number of benzene rings is 1. The molecule has 0 saturated heterocycles.